The minimum Gasteiger partial charge on any atom is -0.491 e. The van der Waals surface area contributed by atoms with Crippen LogP contribution < -0.4 is 25.9 Å². The molecule has 4 heterocycles. The third kappa shape index (κ3) is 6.68. The first-order valence-electron chi connectivity index (χ1n) is 16.8. The molecule has 2 atom stereocenters. The van der Waals surface area contributed by atoms with Crippen LogP contribution in [0.3, 0.4) is 0 Å². The van der Waals surface area contributed by atoms with Gasteiger partial charge in [-0.25, -0.2) is 28.5 Å². The Bertz CT molecular complexity index is 2000. The summed E-state index contributed by atoms with van der Waals surface area (Å²) in [6, 6.07) is 21.1. The van der Waals surface area contributed by atoms with Crippen molar-refractivity contribution in [2.75, 3.05) is 49.2 Å². The van der Waals surface area contributed by atoms with Gasteiger partial charge in [0.15, 0.2) is 0 Å². The molecule has 2 aromatic heterocycles. The van der Waals surface area contributed by atoms with E-state index in [0.717, 1.165) is 43.3 Å². The van der Waals surface area contributed by atoms with Crippen molar-refractivity contribution in [3.63, 3.8) is 0 Å². The van der Waals surface area contributed by atoms with E-state index in [2.05, 4.69) is 26.9 Å². The predicted molar refractivity (Wildman–Crippen MR) is 193 cm³/mol. The van der Waals surface area contributed by atoms with Crippen molar-refractivity contribution in [2.45, 2.75) is 45.4 Å². The van der Waals surface area contributed by atoms with Crippen LogP contribution in [-0.2, 0) is 34.9 Å². The summed E-state index contributed by atoms with van der Waals surface area (Å²) in [7, 11) is 0. The zero-order chi connectivity index (χ0) is 34.8. The van der Waals surface area contributed by atoms with Gasteiger partial charge in [0, 0.05) is 73.6 Å². The molecule has 2 fully saturated rings. The van der Waals surface area contributed by atoms with Gasteiger partial charge >= 0.3 is 11.4 Å². The standard InChI is InChI=1S/C36H39Cl2N7O5/c1-3-43-34(46)45(35(47)44(43)4-2)29-8-6-27(7-9-29)41-17-19-42(20-18-41)28-10-12-30(13-11-28)48-22-31-23-49-36(50-31,24-40-16-15-39-25-40)32-14-5-26(37)21-33(32)38/h5-16,21,25,31H,3-4,17-20,22-24H2,1-2H3/t31-,36-/m1/s1. The Hall–Kier alpha value is -4.49. The van der Waals surface area contributed by atoms with Crippen molar-refractivity contribution in [1.82, 2.24) is 23.5 Å². The number of aromatic nitrogens is 5. The van der Waals surface area contributed by atoms with Crippen LogP contribution in [0.4, 0.5) is 11.4 Å². The molecule has 3 aromatic carbocycles. The average molecular weight is 721 g/mol. The summed E-state index contributed by atoms with van der Waals surface area (Å²) in [4.78, 5) is 34.6. The predicted octanol–water partition coefficient (Wildman–Crippen LogP) is 5.02. The van der Waals surface area contributed by atoms with Crippen LogP contribution in [0, 0.1) is 0 Å². The van der Waals surface area contributed by atoms with Crippen LogP contribution in [0.15, 0.2) is 95.0 Å². The van der Waals surface area contributed by atoms with Crippen molar-refractivity contribution < 1.29 is 14.2 Å². The molecule has 5 aromatic rings. The van der Waals surface area contributed by atoms with Gasteiger partial charge in [0.1, 0.15) is 18.5 Å². The van der Waals surface area contributed by atoms with Crippen molar-refractivity contribution in [3.8, 4) is 11.4 Å². The number of piperazine rings is 1. The van der Waals surface area contributed by atoms with Gasteiger partial charge in [-0.15, -0.1) is 0 Å². The Kier molecular flexibility index (Phi) is 9.78. The monoisotopic (exact) mass is 719 g/mol. The summed E-state index contributed by atoms with van der Waals surface area (Å²) in [5.41, 5.74) is 2.81. The number of ether oxygens (including phenoxy) is 3. The highest BCUT2D eigenvalue weighted by Gasteiger charge is 2.45. The molecule has 0 N–H and O–H groups in total. The van der Waals surface area contributed by atoms with E-state index >= 15 is 0 Å². The van der Waals surface area contributed by atoms with Gasteiger partial charge in [-0.1, -0.05) is 29.3 Å². The second-order valence-electron chi connectivity index (χ2n) is 12.3. The zero-order valence-corrected chi connectivity index (χ0v) is 29.5. The van der Waals surface area contributed by atoms with Crippen molar-refractivity contribution in [3.05, 3.63) is 122 Å². The van der Waals surface area contributed by atoms with Gasteiger partial charge in [-0.05, 0) is 74.5 Å². The first-order chi connectivity index (χ1) is 24.3. The minimum atomic E-state index is -1.11. The Morgan fingerprint density at radius 3 is 2.00 bits per heavy atom. The van der Waals surface area contributed by atoms with Crippen LogP contribution in [0.2, 0.25) is 10.0 Å². The number of halogens is 2. The molecule has 0 spiro atoms. The molecular formula is C36H39Cl2N7O5. The van der Waals surface area contributed by atoms with E-state index in [9.17, 15) is 9.59 Å². The smallest absolute Gasteiger partial charge is 0.351 e. The van der Waals surface area contributed by atoms with Gasteiger partial charge in [0.2, 0.25) is 5.79 Å². The lowest BCUT2D eigenvalue weighted by Crippen LogP contribution is -2.46. The summed E-state index contributed by atoms with van der Waals surface area (Å²) in [6.07, 6.45) is 4.95. The summed E-state index contributed by atoms with van der Waals surface area (Å²) >= 11 is 12.8. The van der Waals surface area contributed by atoms with Crippen LogP contribution in [0.1, 0.15) is 19.4 Å². The normalized spacial score (nSPS) is 19.3. The van der Waals surface area contributed by atoms with Crippen molar-refractivity contribution >= 4 is 34.6 Å². The molecule has 262 valence electrons. The lowest BCUT2D eigenvalue weighted by Gasteiger charge is -2.37. The quantitative estimate of drug-likeness (QED) is 0.188. The van der Waals surface area contributed by atoms with Gasteiger partial charge < -0.3 is 28.6 Å². The van der Waals surface area contributed by atoms with Crippen LogP contribution in [0.25, 0.3) is 5.69 Å². The molecule has 14 heteroatoms. The van der Waals surface area contributed by atoms with Gasteiger partial charge in [-0.3, -0.25) is 0 Å². The van der Waals surface area contributed by atoms with Gasteiger partial charge in [0.25, 0.3) is 0 Å². The van der Waals surface area contributed by atoms with E-state index in [0.29, 0.717) is 54.1 Å². The third-order valence-electron chi connectivity index (χ3n) is 9.26. The number of nitrogens with zero attached hydrogens (tertiary/aromatic N) is 7. The Balaban J connectivity index is 0.939. The molecule has 2 aliphatic rings. The van der Waals surface area contributed by atoms with E-state index in [1.807, 2.05) is 67.1 Å². The van der Waals surface area contributed by atoms with Gasteiger partial charge in [-0.2, -0.15) is 0 Å². The molecule has 2 aliphatic heterocycles. The molecule has 0 radical (unpaired) electrons. The zero-order valence-electron chi connectivity index (χ0n) is 28.0. The van der Waals surface area contributed by atoms with E-state index in [-0.39, 0.29) is 17.5 Å². The van der Waals surface area contributed by atoms with E-state index < -0.39 is 5.79 Å². The molecular weight excluding hydrogens is 681 g/mol. The number of benzene rings is 3. The maximum Gasteiger partial charge on any atom is 0.351 e. The number of hydrogen-bond donors (Lipinski definition) is 0. The Morgan fingerprint density at radius 2 is 1.44 bits per heavy atom. The lowest BCUT2D eigenvalue weighted by molar-refractivity contribution is -0.189. The van der Waals surface area contributed by atoms with Crippen LogP contribution in [-0.4, -0.2) is 69.0 Å². The van der Waals surface area contributed by atoms with E-state index in [1.54, 1.807) is 24.7 Å². The summed E-state index contributed by atoms with van der Waals surface area (Å²) < 4.78 is 25.0. The molecule has 0 bridgehead atoms. The average Bonchev–Trinajstić information content (AvgIpc) is 3.86. The highest BCUT2D eigenvalue weighted by Crippen LogP contribution is 2.40. The van der Waals surface area contributed by atoms with Crippen LogP contribution >= 0.6 is 23.2 Å². The fourth-order valence-electron chi connectivity index (χ4n) is 6.71. The molecule has 2 saturated heterocycles. The first kappa shape index (κ1) is 34.0. The minimum absolute atomic E-state index is 0.307. The fraction of sp³-hybridized carbons (Fsp3) is 0.361. The van der Waals surface area contributed by atoms with Crippen molar-refractivity contribution in [1.29, 1.82) is 0 Å². The third-order valence-corrected chi connectivity index (χ3v) is 9.80. The van der Waals surface area contributed by atoms with Crippen LogP contribution in [0.5, 0.6) is 5.75 Å². The second-order valence-corrected chi connectivity index (χ2v) is 13.1. The number of hydrogen-bond acceptors (Lipinski definition) is 8. The number of rotatable bonds is 11. The number of imidazole rings is 1. The largest absolute Gasteiger partial charge is 0.491 e. The molecule has 0 amide bonds. The molecule has 7 rings (SSSR count). The topological polar surface area (TPSA) is 101 Å². The summed E-state index contributed by atoms with van der Waals surface area (Å²) in [5.74, 6) is -0.365. The lowest BCUT2D eigenvalue weighted by atomic mass is 10.1. The van der Waals surface area contributed by atoms with Crippen molar-refractivity contribution in [2.24, 2.45) is 0 Å². The first-order valence-corrected chi connectivity index (χ1v) is 17.5. The Labute approximate surface area is 299 Å². The molecule has 0 unspecified atom stereocenters. The second kappa shape index (κ2) is 14.4. The molecule has 0 aliphatic carbocycles. The van der Waals surface area contributed by atoms with E-state index in [4.69, 9.17) is 37.4 Å². The molecule has 0 saturated carbocycles. The number of anilines is 2. The highest BCUT2D eigenvalue weighted by atomic mass is 35.5. The van der Waals surface area contributed by atoms with E-state index in [1.165, 1.54) is 13.9 Å². The SMILES string of the molecule is CCn1c(=O)n(-c2ccc(N3CCN(c4ccc(OC[C@@H]5CO[C@@](Cn6ccnc6)(c6ccc(Cl)cc6Cl)O5)cc4)CC3)cc2)c(=O)n1CC. The summed E-state index contributed by atoms with van der Waals surface area (Å²) in [5, 5.41) is 1.00. The molecule has 12 nitrogen and oxygen atoms in total. The highest BCUT2D eigenvalue weighted by molar-refractivity contribution is 6.35. The maximum absolute atomic E-state index is 12.9. The Morgan fingerprint density at radius 1 is 0.840 bits per heavy atom. The fourth-order valence-corrected chi connectivity index (χ4v) is 7.26. The summed E-state index contributed by atoms with van der Waals surface area (Å²) in [6.45, 7) is 8.98. The maximum atomic E-state index is 12.9. The van der Waals surface area contributed by atoms with Gasteiger partial charge in [0.05, 0.1) is 30.2 Å². The molecule has 50 heavy (non-hydrogen) atoms.